The van der Waals surface area contributed by atoms with Gasteiger partial charge in [0.15, 0.2) is 21.2 Å². The molecule has 3 aliphatic rings. The molecule has 2 saturated heterocycles. The Morgan fingerprint density at radius 1 is 1.14 bits per heavy atom. The number of likely N-dealkylation sites (tertiary alicyclic amines) is 1. The van der Waals surface area contributed by atoms with E-state index in [-0.39, 0.29) is 54.3 Å². The molecule has 9 nitrogen and oxygen atoms in total. The topological polar surface area (TPSA) is 105 Å². The Bertz CT molecular complexity index is 1020. The van der Waals surface area contributed by atoms with Crippen molar-refractivity contribution in [2.45, 2.75) is 18.9 Å². The van der Waals surface area contributed by atoms with Crippen LogP contribution in [0.5, 0.6) is 0 Å². The van der Waals surface area contributed by atoms with Crippen LogP contribution in [0, 0.1) is 11.8 Å². The molecule has 148 valence electrons. The monoisotopic (exact) mass is 403 g/mol. The molecule has 0 unspecified atom stereocenters. The number of fused-ring (bicyclic) bond motifs is 3. The van der Waals surface area contributed by atoms with Gasteiger partial charge in [-0.05, 0) is 24.8 Å². The minimum atomic E-state index is -3.03. The van der Waals surface area contributed by atoms with Gasteiger partial charge in [-0.3, -0.25) is 9.59 Å². The van der Waals surface area contributed by atoms with Gasteiger partial charge in [-0.15, -0.1) is 0 Å². The molecule has 10 heteroatoms. The molecule has 2 aliphatic heterocycles. The molecule has 3 atom stereocenters. The van der Waals surface area contributed by atoms with Crippen molar-refractivity contribution < 1.29 is 18.0 Å². The zero-order valence-corrected chi connectivity index (χ0v) is 16.1. The van der Waals surface area contributed by atoms with Crippen molar-refractivity contribution in [3.8, 4) is 0 Å². The number of sulfone groups is 1. The Balaban J connectivity index is 1.35. The van der Waals surface area contributed by atoms with Gasteiger partial charge >= 0.3 is 0 Å². The average molecular weight is 403 g/mol. The van der Waals surface area contributed by atoms with E-state index in [0.29, 0.717) is 17.9 Å². The van der Waals surface area contributed by atoms with Crippen molar-refractivity contribution in [3.63, 3.8) is 0 Å². The lowest BCUT2D eigenvalue weighted by molar-refractivity contribution is -0.136. The Morgan fingerprint density at radius 3 is 2.68 bits per heavy atom. The summed E-state index contributed by atoms with van der Waals surface area (Å²) in [6, 6.07) is 3.28. The van der Waals surface area contributed by atoms with E-state index in [0.717, 1.165) is 12.8 Å². The van der Waals surface area contributed by atoms with Crippen LogP contribution in [0.2, 0.25) is 0 Å². The van der Waals surface area contributed by atoms with Crippen molar-refractivity contribution in [2.24, 2.45) is 11.8 Å². The highest BCUT2D eigenvalue weighted by Gasteiger charge is 2.53. The van der Waals surface area contributed by atoms with E-state index in [2.05, 4.69) is 10.1 Å². The minimum absolute atomic E-state index is 0.00521. The summed E-state index contributed by atoms with van der Waals surface area (Å²) in [7, 11) is -3.03. The SMILES string of the molecule is O=C([C@@H]1[C@H]2CC[C@@H]1N(C(=O)c1cc3ncccn3n1)C2)N1CCS(=O)(=O)CC1. The van der Waals surface area contributed by atoms with Gasteiger partial charge in [0.25, 0.3) is 5.91 Å². The number of piperidine rings is 1. The normalized spacial score (nSPS) is 28.8. The summed E-state index contributed by atoms with van der Waals surface area (Å²) in [5, 5.41) is 4.32. The van der Waals surface area contributed by atoms with E-state index in [1.165, 1.54) is 0 Å². The fourth-order valence-corrected chi connectivity index (χ4v) is 6.03. The highest BCUT2D eigenvalue weighted by atomic mass is 32.2. The van der Waals surface area contributed by atoms with Crippen LogP contribution in [0.25, 0.3) is 5.65 Å². The summed E-state index contributed by atoms with van der Waals surface area (Å²) in [5.41, 5.74) is 0.943. The van der Waals surface area contributed by atoms with Gasteiger partial charge in [0.05, 0.1) is 17.4 Å². The largest absolute Gasteiger partial charge is 0.340 e. The van der Waals surface area contributed by atoms with E-state index < -0.39 is 9.84 Å². The summed E-state index contributed by atoms with van der Waals surface area (Å²) in [6.45, 7) is 1.06. The van der Waals surface area contributed by atoms with E-state index in [4.69, 9.17) is 0 Å². The smallest absolute Gasteiger partial charge is 0.274 e. The first-order valence-electron chi connectivity index (χ1n) is 9.53. The number of hydrogen-bond donors (Lipinski definition) is 0. The number of hydrogen-bond acceptors (Lipinski definition) is 6. The van der Waals surface area contributed by atoms with Crippen molar-refractivity contribution in [1.29, 1.82) is 0 Å². The molecule has 0 radical (unpaired) electrons. The van der Waals surface area contributed by atoms with Crippen LogP contribution in [0.3, 0.4) is 0 Å². The molecular formula is C18H21N5O4S. The molecule has 2 amide bonds. The lowest BCUT2D eigenvalue weighted by atomic mass is 9.96. The van der Waals surface area contributed by atoms with E-state index in [1.54, 1.807) is 38.8 Å². The van der Waals surface area contributed by atoms with Crippen molar-refractivity contribution in [1.82, 2.24) is 24.4 Å². The summed E-state index contributed by atoms with van der Waals surface area (Å²) >= 11 is 0. The van der Waals surface area contributed by atoms with Crippen LogP contribution in [-0.2, 0) is 14.6 Å². The molecule has 2 aromatic rings. The summed E-state index contributed by atoms with van der Waals surface area (Å²) in [6.07, 6.45) is 5.11. The highest BCUT2D eigenvalue weighted by molar-refractivity contribution is 7.91. The van der Waals surface area contributed by atoms with Gasteiger partial charge in [-0.25, -0.2) is 17.9 Å². The number of nitrogens with zero attached hydrogens (tertiary/aromatic N) is 5. The van der Waals surface area contributed by atoms with Gasteiger partial charge in [-0.2, -0.15) is 5.10 Å². The van der Waals surface area contributed by atoms with Crippen LogP contribution in [0.4, 0.5) is 0 Å². The van der Waals surface area contributed by atoms with Gasteiger partial charge < -0.3 is 9.80 Å². The predicted octanol–water partition coefficient (Wildman–Crippen LogP) is -0.163. The molecule has 3 fully saturated rings. The van der Waals surface area contributed by atoms with E-state index >= 15 is 0 Å². The first-order valence-corrected chi connectivity index (χ1v) is 11.4. The van der Waals surface area contributed by atoms with Crippen molar-refractivity contribution >= 4 is 27.3 Å². The maximum Gasteiger partial charge on any atom is 0.274 e. The van der Waals surface area contributed by atoms with Crippen LogP contribution < -0.4 is 0 Å². The molecule has 0 aromatic carbocycles. The number of amides is 2. The number of carbonyl (C=O) groups excluding carboxylic acids is 2. The first kappa shape index (κ1) is 17.6. The van der Waals surface area contributed by atoms with E-state index in [1.807, 2.05) is 0 Å². The van der Waals surface area contributed by atoms with Gasteiger partial charge in [0.1, 0.15) is 0 Å². The molecule has 4 heterocycles. The summed E-state index contributed by atoms with van der Waals surface area (Å²) < 4.78 is 24.9. The number of aromatic nitrogens is 3. The van der Waals surface area contributed by atoms with Crippen LogP contribution in [0.15, 0.2) is 24.5 Å². The van der Waals surface area contributed by atoms with Gasteiger partial charge in [-0.1, -0.05) is 0 Å². The molecule has 5 rings (SSSR count). The Labute approximate surface area is 162 Å². The highest BCUT2D eigenvalue weighted by Crippen LogP contribution is 2.44. The first-order chi connectivity index (χ1) is 13.4. The number of carbonyl (C=O) groups is 2. The average Bonchev–Trinajstić information content (AvgIpc) is 3.39. The molecule has 0 spiro atoms. The second-order valence-electron chi connectivity index (χ2n) is 7.82. The Kier molecular flexibility index (Phi) is 3.94. The molecule has 0 N–H and O–H groups in total. The van der Waals surface area contributed by atoms with Gasteiger partial charge in [0.2, 0.25) is 5.91 Å². The lowest BCUT2D eigenvalue weighted by Gasteiger charge is -2.31. The minimum Gasteiger partial charge on any atom is -0.340 e. The van der Waals surface area contributed by atoms with Crippen LogP contribution in [0.1, 0.15) is 23.3 Å². The maximum atomic E-state index is 13.1. The quantitative estimate of drug-likeness (QED) is 0.690. The maximum absolute atomic E-state index is 13.1. The third-order valence-electron chi connectivity index (χ3n) is 6.24. The molecule has 1 saturated carbocycles. The molecule has 2 bridgehead atoms. The van der Waals surface area contributed by atoms with Gasteiger partial charge in [0, 0.05) is 44.1 Å². The van der Waals surface area contributed by atoms with E-state index in [9.17, 15) is 18.0 Å². The third kappa shape index (κ3) is 2.78. The molecule has 1 aliphatic carbocycles. The zero-order valence-electron chi connectivity index (χ0n) is 15.3. The van der Waals surface area contributed by atoms with Crippen LogP contribution in [-0.4, -0.2) is 81.8 Å². The fourth-order valence-electron chi connectivity index (χ4n) is 4.83. The fraction of sp³-hybridized carbons (Fsp3) is 0.556. The number of rotatable bonds is 2. The lowest BCUT2D eigenvalue weighted by Crippen LogP contribution is -2.48. The zero-order chi connectivity index (χ0) is 19.5. The molecular weight excluding hydrogens is 382 g/mol. The second-order valence-corrected chi connectivity index (χ2v) is 10.1. The third-order valence-corrected chi connectivity index (χ3v) is 7.85. The standard InChI is InChI=1S/C18H21N5O4S/c24-17(13-10-15-19-4-1-5-23(15)20-13)22-11-12-2-3-14(22)16(12)18(25)21-6-8-28(26,27)9-7-21/h1,4-5,10,12,14,16H,2-3,6-9,11H2/t12-,14-,16+/m0/s1. The van der Waals surface area contributed by atoms with Crippen molar-refractivity contribution in [2.75, 3.05) is 31.1 Å². The summed E-state index contributed by atoms with van der Waals surface area (Å²) in [5.74, 6) is -0.226. The van der Waals surface area contributed by atoms with Crippen molar-refractivity contribution in [3.05, 3.63) is 30.2 Å². The predicted molar refractivity (Wildman–Crippen MR) is 99.3 cm³/mol. The second kappa shape index (κ2) is 6.26. The molecule has 28 heavy (non-hydrogen) atoms. The Morgan fingerprint density at radius 2 is 1.93 bits per heavy atom. The Hall–Kier alpha value is -2.49. The van der Waals surface area contributed by atoms with Crippen LogP contribution >= 0.6 is 0 Å². The summed E-state index contributed by atoms with van der Waals surface area (Å²) in [4.78, 5) is 33.8. The molecule has 2 aromatic heterocycles.